The van der Waals surface area contributed by atoms with E-state index in [4.69, 9.17) is 9.47 Å². The molecule has 2 amide bonds. The van der Waals surface area contributed by atoms with Crippen molar-refractivity contribution in [1.29, 1.82) is 0 Å². The largest absolute Gasteiger partial charge is 0.466 e. The molecule has 0 radical (unpaired) electrons. The molecule has 3 aliphatic heterocycles. The van der Waals surface area contributed by atoms with Crippen LogP contribution < -0.4 is 5.32 Å². The molecule has 2 N–H and O–H groups in total. The number of fused-ring (bicyclic) bond motifs is 1. The number of nitrogens with zero attached hydrogens (tertiary/aromatic N) is 1. The van der Waals surface area contributed by atoms with Crippen molar-refractivity contribution in [3.63, 3.8) is 0 Å². The lowest BCUT2D eigenvalue weighted by Crippen LogP contribution is -2.59. The van der Waals surface area contributed by atoms with E-state index in [1.54, 1.807) is 6.92 Å². The smallest absolute Gasteiger partial charge is 0.312 e. The maximum atomic E-state index is 14.1. The van der Waals surface area contributed by atoms with Gasteiger partial charge >= 0.3 is 5.97 Å². The van der Waals surface area contributed by atoms with E-state index in [1.165, 1.54) is 4.90 Å². The molecule has 196 valence electrons. The number of carbonyl (C=O) groups excluding carboxylic acids is 3. The van der Waals surface area contributed by atoms with Crippen LogP contribution in [0.1, 0.15) is 51.0 Å². The lowest BCUT2D eigenvalue weighted by Gasteiger charge is -2.38. The van der Waals surface area contributed by atoms with Crippen LogP contribution in [0.15, 0.2) is 30.3 Å². The molecule has 36 heavy (non-hydrogen) atoms. The normalized spacial score (nSPS) is 34.5. The van der Waals surface area contributed by atoms with Crippen LogP contribution in [0.3, 0.4) is 0 Å². The fraction of sp³-hybridized carbons (Fsp3) is 0.667. The number of ether oxygens (including phenoxy) is 2. The Hall–Kier alpha value is -1.97. The van der Waals surface area contributed by atoms with Crippen molar-refractivity contribution >= 4 is 33.7 Å². The first-order valence-corrected chi connectivity index (χ1v) is 14.1. The second-order valence-corrected chi connectivity index (χ2v) is 11.7. The Morgan fingerprint density at radius 1 is 1.25 bits per heavy atom. The van der Waals surface area contributed by atoms with Crippen molar-refractivity contribution in [3.8, 4) is 0 Å². The van der Waals surface area contributed by atoms with Gasteiger partial charge in [0.25, 0.3) is 0 Å². The summed E-state index contributed by atoms with van der Waals surface area (Å²) >= 11 is 3.67. The standard InChI is InChI=1S/C27H35BrN2O6/c1-2-35-26(34)20-21-25(33)30(18(15-31)13-16-9-5-3-6-10-16)23(27(21)14-19(28)22(20)36-27)24(32)29-17-11-7-4-8-12-17/h3,5-6,9-10,17-23,31H,2,4,7-8,11-15H2,1H3,(H,29,32)/t18-,19?,20+,21-,22+,23+,27-/m1/s1. The van der Waals surface area contributed by atoms with Gasteiger partial charge in [0.15, 0.2) is 0 Å². The third kappa shape index (κ3) is 4.27. The average Bonchev–Trinajstić information content (AvgIpc) is 3.47. The van der Waals surface area contributed by atoms with Gasteiger partial charge in [0.2, 0.25) is 11.8 Å². The van der Waals surface area contributed by atoms with E-state index in [0.717, 1.165) is 37.7 Å². The number of nitrogens with one attached hydrogen (secondary N) is 1. The number of benzene rings is 1. The van der Waals surface area contributed by atoms with E-state index in [-0.39, 0.29) is 35.9 Å². The van der Waals surface area contributed by atoms with E-state index < -0.39 is 41.6 Å². The Kier molecular flexibility index (Phi) is 7.43. The first kappa shape index (κ1) is 25.7. The molecular formula is C27H35BrN2O6. The first-order valence-electron chi connectivity index (χ1n) is 13.2. The number of aliphatic hydroxyl groups excluding tert-OH is 1. The highest BCUT2D eigenvalue weighted by atomic mass is 79.9. The average molecular weight is 563 g/mol. The number of likely N-dealkylation sites (tertiary alicyclic amines) is 1. The molecule has 1 aromatic rings. The van der Waals surface area contributed by atoms with Crippen LogP contribution in [0.2, 0.25) is 0 Å². The summed E-state index contributed by atoms with van der Waals surface area (Å²) in [6.45, 7) is 1.63. The summed E-state index contributed by atoms with van der Waals surface area (Å²) < 4.78 is 11.8. The molecule has 4 fully saturated rings. The molecular weight excluding hydrogens is 528 g/mol. The zero-order valence-corrected chi connectivity index (χ0v) is 22.2. The molecule has 1 saturated carbocycles. The monoisotopic (exact) mass is 562 g/mol. The number of halogens is 1. The highest BCUT2D eigenvalue weighted by molar-refractivity contribution is 9.09. The fourth-order valence-corrected chi connectivity index (χ4v) is 7.87. The van der Waals surface area contributed by atoms with Gasteiger partial charge in [-0.25, -0.2) is 0 Å². The number of carbonyl (C=O) groups is 3. The van der Waals surface area contributed by atoms with Gasteiger partial charge in [-0.05, 0) is 38.2 Å². The zero-order valence-electron chi connectivity index (χ0n) is 20.6. The maximum Gasteiger partial charge on any atom is 0.312 e. The number of alkyl halides is 1. The van der Waals surface area contributed by atoms with Gasteiger partial charge in [-0.3, -0.25) is 14.4 Å². The molecule has 9 heteroatoms. The molecule has 8 nitrogen and oxygen atoms in total. The lowest BCUT2D eigenvalue weighted by atomic mass is 9.70. The molecule has 0 aromatic heterocycles. The Morgan fingerprint density at radius 3 is 2.64 bits per heavy atom. The molecule has 1 spiro atoms. The number of hydrogen-bond donors (Lipinski definition) is 2. The number of esters is 1. The van der Waals surface area contributed by atoms with Crippen molar-refractivity contribution in [2.24, 2.45) is 11.8 Å². The number of hydrogen-bond acceptors (Lipinski definition) is 6. The van der Waals surface area contributed by atoms with Crippen LogP contribution in [0, 0.1) is 11.8 Å². The van der Waals surface area contributed by atoms with Crippen LogP contribution in [0.25, 0.3) is 0 Å². The Labute approximate surface area is 220 Å². The molecule has 5 rings (SSSR count). The molecule has 2 bridgehead atoms. The predicted octanol–water partition coefficient (Wildman–Crippen LogP) is 2.35. The SMILES string of the molecule is CCOC(=O)[C@@H]1[C@H]2O[C@@]3(CC2Br)[C@H](C(=O)NC2CCCCC2)N([C@@H](CO)Cc2ccccc2)C(=O)[C@@H]13. The first-order chi connectivity index (χ1) is 17.4. The van der Waals surface area contributed by atoms with Gasteiger partial charge in [-0.1, -0.05) is 65.5 Å². The van der Waals surface area contributed by atoms with Gasteiger partial charge in [0.05, 0.1) is 37.2 Å². The Morgan fingerprint density at radius 2 is 1.97 bits per heavy atom. The van der Waals surface area contributed by atoms with Crippen molar-refractivity contribution in [2.45, 2.75) is 86.5 Å². The van der Waals surface area contributed by atoms with Gasteiger partial charge in [-0.15, -0.1) is 0 Å². The van der Waals surface area contributed by atoms with Crippen molar-refractivity contribution in [2.75, 3.05) is 13.2 Å². The van der Waals surface area contributed by atoms with Crippen molar-refractivity contribution < 1.29 is 29.0 Å². The predicted molar refractivity (Wildman–Crippen MR) is 135 cm³/mol. The van der Waals surface area contributed by atoms with Crippen molar-refractivity contribution in [1.82, 2.24) is 10.2 Å². The van der Waals surface area contributed by atoms with E-state index >= 15 is 0 Å². The molecule has 4 aliphatic rings. The zero-order chi connectivity index (χ0) is 25.4. The fourth-order valence-electron chi connectivity index (χ4n) is 6.93. The molecule has 1 aromatic carbocycles. The van der Waals surface area contributed by atoms with Crippen LogP contribution in [0.5, 0.6) is 0 Å². The maximum absolute atomic E-state index is 14.1. The third-order valence-corrected chi connectivity index (χ3v) is 9.25. The van der Waals surface area contributed by atoms with Gasteiger partial charge in [-0.2, -0.15) is 0 Å². The molecule has 7 atom stereocenters. The molecule has 1 unspecified atom stereocenters. The summed E-state index contributed by atoms with van der Waals surface area (Å²) in [5.41, 5.74) is -0.188. The number of aliphatic hydroxyl groups is 1. The van der Waals surface area contributed by atoms with E-state index in [9.17, 15) is 19.5 Å². The number of rotatable bonds is 8. The summed E-state index contributed by atoms with van der Waals surface area (Å²) in [4.78, 5) is 42.5. The van der Waals surface area contributed by atoms with E-state index in [1.807, 2.05) is 30.3 Å². The van der Waals surface area contributed by atoms with Crippen LogP contribution >= 0.6 is 15.9 Å². The molecule has 3 heterocycles. The van der Waals surface area contributed by atoms with Gasteiger partial charge < -0.3 is 24.8 Å². The Bertz CT molecular complexity index is 986. The van der Waals surface area contributed by atoms with Gasteiger partial charge in [0, 0.05) is 10.9 Å². The quantitative estimate of drug-likeness (QED) is 0.372. The minimum Gasteiger partial charge on any atom is -0.466 e. The Balaban J connectivity index is 1.52. The van der Waals surface area contributed by atoms with Crippen LogP contribution in [0.4, 0.5) is 0 Å². The summed E-state index contributed by atoms with van der Waals surface area (Å²) in [6.07, 6.45) is 5.40. The summed E-state index contributed by atoms with van der Waals surface area (Å²) in [7, 11) is 0. The summed E-state index contributed by atoms with van der Waals surface area (Å²) in [5, 5.41) is 13.7. The second kappa shape index (κ2) is 10.4. The minimum absolute atomic E-state index is 0.0552. The summed E-state index contributed by atoms with van der Waals surface area (Å²) in [5.74, 6) is -2.64. The molecule has 3 saturated heterocycles. The van der Waals surface area contributed by atoms with Crippen LogP contribution in [-0.2, 0) is 30.3 Å². The van der Waals surface area contributed by atoms with Crippen LogP contribution in [-0.4, -0.2) is 75.7 Å². The summed E-state index contributed by atoms with van der Waals surface area (Å²) in [6, 6.07) is 8.12. The lowest BCUT2D eigenvalue weighted by molar-refractivity contribution is -0.155. The minimum atomic E-state index is -1.14. The molecule has 1 aliphatic carbocycles. The highest BCUT2D eigenvalue weighted by Crippen LogP contribution is 2.60. The van der Waals surface area contributed by atoms with E-state index in [0.29, 0.717) is 12.8 Å². The van der Waals surface area contributed by atoms with E-state index in [2.05, 4.69) is 21.2 Å². The highest BCUT2D eigenvalue weighted by Gasteiger charge is 2.77. The van der Waals surface area contributed by atoms with Crippen molar-refractivity contribution in [3.05, 3.63) is 35.9 Å². The topological polar surface area (TPSA) is 105 Å². The second-order valence-electron chi connectivity index (χ2n) is 10.5. The number of amides is 2. The third-order valence-electron chi connectivity index (χ3n) is 8.40. The van der Waals surface area contributed by atoms with Gasteiger partial charge in [0.1, 0.15) is 11.6 Å².